The summed E-state index contributed by atoms with van der Waals surface area (Å²) in [6.45, 7) is -0.0791. The number of hydrogen-bond acceptors (Lipinski definition) is 6. The third kappa shape index (κ3) is 4.00. The number of amides is 1. The van der Waals surface area contributed by atoms with Crippen LogP contribution in [0.3, 0.4) is 0 Å². The van der Waals surface area contributed by atoms with E-state index in [4.69, 9.17) is 9.84 Å². The predicted octanol–water partition coefficient (Wildman–Crippen LogP) is -0.304. The Balaban J connectivity index is 1.91. The van der Waals surface area contributed by atoms with Gasteiger partial charge in [-0.1, -0.05) is 11.3 Å². The lowest BCUT2D eigenvalue weighted by molar-refractivity contribution is -0.137. The number of rotatable bonds is 6. The van der Waals surface area contributed by atoms with Crippen molar-refractivity contribution in [1.82, 2.24) is 25.3 Å². The summed E-state index contributed by atoms with van der Waals surface area (Å²) in [7, 11) is 1.52. The number of ether oxygens (including phenoxy) is 1. The minimum absolute atomic E-state index is 0.0534. The Kier molecular flexibility index (Phi) is 4.44. The number of carboxylic acids is 1. The summed E-state index contributed by atoms with van der Waals surface area (Å²) in [6, 6.07) is 3.46. The normalized spacial score (nSPS) is 10.1. The van der Waals surface area contributed by atoms with Gasteiger partial charge in [-0.15, -0.1) is 5.10 Å². The molecular weight excluding hydrogens is 278 g/mol. The van der Waals surface area contributed by atoms with Crippen LogP contribution in [0, 0.1) is 0 Å². The summed E-state index contributed by atoms with van der Waals surface area (Å²) in [6.07, 6.45) is 2.86. The van der Waals surface area contributed by atoms with Gasteiger partial charge < -0.3 is 15.2 Å². The van der Waals surface area contributed by atoms with Crippen LogP contribution >= 0.6 is 0 Å². The van der Waals surface area contributed by atoms with Crippen LogP contribution < -0.4 is 10.1 Å². The molecule has 0 radical (unpaired) electrons. The number of hydrogen-bond donors (Lipinski definition) is 2. The van der Waals surface area contributed by atoms with Crippen molar-refractivity contribution in [3.63, 3.8) is 0 Å². The van der Waals surface area contributed by atoms with Gasteiger partial charge >= 0.3 is 5.97 Å². The van der Waals surface area contributed by atoms with Crippen LogP contribution in [0.4, 0.5) is 0 Å². The van der Waals surface area contributed by atoms with Crippen LogP contribution in [0.15, 0.2) is 24.5 Å². The highest BCUT2D eigenvalue weighted by molar-refractivity contribution is 5.91. The number of pyridine rings is 1. The number of carbonyl (C=O) groups excluding carboxylic acids is 1. The van der Waals surface area contributed by atoms with E-state index >= 15 is 0 Å². The topological polar surface area (TPSA) is 119 Å². The number of carbonyl (C=O) groups is 2. The second-order valence-corrected chi connectivity index (χ2v) is 4.09. The first kappa shape index (κ1) is 14.4. The van der Waals surface area contributed by atoms with E-state index in [0.29, 0.717) is 5.88 Å². The summed E-state index contributed by atoms with van der Waals surface area (Å²) >= 11 is 0. The molecule has 9 nitrogen and oxygen atoms in total. The number of aliphatic carboxylic acids is 1. The van der Waals surface area contributed by atoms with Gasteiger partial charge in [0.2, 0.25) is 5.88 Å². The second-order valence-electron chi connectivity index (χ2n) is 4.09. The quantitative estimate of drug-likeness (QED) is 0.749. The average molecular weight is 291 g/mol. The maximum absolute atomic E-state index is 11.8. The first-order valence-corrected chi connectivity index (χ1v) is 5.97. The number of nitrogens with one attached hydrogen (secondary N) is 1. The number of nitrogens with zero attached hydrogens (tertiary/aromatic N) is 4. The number of carboxylic acid groups (broad SMARTS) is 1. The Hall–Kier alpha value is -2.97. The van der Waals surface area contributed by atoms with Crippen molar-refractivity contribution in [2.24, 2.45) is 0 Å². The van der Waals surface area contributed by atoms with Gasteiger partial charge in [0.05, 0.1) is 13.3 Å². The van der Waals surface area contributed by atoms with Crippen LogP contribution in [0.1, 0.15) is 16.1 Å². The summed E-state index contributed by atoms with van der Waals surface area (Å²) < 4.78 is 6.01. The molecule has 0 atom stereocenters. The molecule has 0 unspecified atom stereocenters. The fourth-order valence-corrected chi connectivity index (χ4v) is 1.53. The monoisotopic (exact) mass is 291 g/mol. The van der Waals surface area contributed by atoms with E-state index in [1.807, 2.05) is 0 Å². The number of methoxy groups -OCH3 is 1. The minimum Gasteiger partial charge on any atom is -0.481 e. The van der Waals surface area contributed by atoms with Crippen molar-refractivity contribution in [2.45, 2.75) is 13.1 Å². The lowest BCUT2D eigenvalue weighted by atomic mass is 10.3. The Morgan fingerprint density at radius 2 is 2.24 bits per heavy atom. The van der Waals surface area contributed by atoms with Gasteiger partial charge in [-0.3, -0.25) is 9.59 Å². The average Bonchev–Trinajstić information content (AvgIpc) is 2.93. The van der Waals surface area contributed by atoms with Gasteiger partial charge in [0.25, 0.3) is 5.91 Å². The lowest BCUT2D eigenvalue weighted by Crippen LogP contribution is -2.23. The molecule has 0 fully saturated rings. The van der Waals surface area contributed by atoms with E-state index in [-0.39, 0.29) is 18.8 Å². The zero-order chi connectivity index (χ0) is 15.2. The van der Waals surface area contributed by atoms with Crippen LogP contribution in [-0.4, -0.2) is 44.1 Å². The molecule has 0 bridgehead atoms. The molecule has 9 heteroatoms. The van der Waals surface area contributed by atoms with Crippen LogP contribution in [-0.2, 0) is 17.9 Å². The van der Waals surface area contributed by atoms with E-state index in [0.717, 1.165) is 10.2 Å². The fraction of sp³-hybridized carbons (Fsp3) is 0.250. The fourth-order valence-electron chi connectivity index (χ4n) is 1.53. The molecule has 2 aromatic heterocycles. The van der Waals surface area contributed by atoms with E-state index in [9.17, 15) is 9.59 Å². The van der Waals surface area contributed by atoms with Gasteiger partial charge in [0.15, 0.2) is 5.69 Å². The molecule has 2 aromatic rings. The maximum Gasteiger partial charge on any atom is 0.325 e. The maximum atomic E-state index is 11.8. The summed E-state index contributed by atoms with van der Waals surface area (Å²) in [5, 5.41) is 18.4. The molecule has 0 aliphatic carbocycles. The van der Waals surface area contributed by atoms with Gasteiger partial charge in [0.1, 0.15) is 6.54 Å². The number of aromatic nitrogens is 4. The zero-order valence-corrected chi connectivity index (χ0v) is 11.2. The van der Waals surface area contributed by atoms with Gasteiger partial charge in [0, 0.05) is 18.8 Å². The minimum atomic E-state index is -1.06. The molecule has 0 saturated heterocycles. The molecule has 2 N–H and O–H groups in total. The van der Waals surface area contributed by atoms with Crippen LogP contribution in [0.25, 0.3) is 0 Å². The van der Waals surface area contributed by atoms with E-state index < -0.39 is 11.9 Å². The molecule has 0 aliphatic rings. The third-order valence-corrected chi connectivity index (χ3v) is 2.53. The summed E-state index contributed by atoms with van der Waals surface area (Å²) in [5.74, 6) is -1.01. The molecule has 0 aliphatic heterocycles. The third-order valence-electron chi connectivity index (χ3n) is 2.53. The lowest BCUT2D eigenvalue weighted by Gasteiger charge is -2.03. The van der Waals surface area contributed by atoms with Crippen molar-refractivity contribution in [3.8, 4) is 5.88 Å². The van der Waals surface area contributed by atoms with Crippen molar-refractivity contribution in [2.75, 3.05) is 7.11 Å². The largest absolute Gasteiger partial charge is 0.481 e. The summed E-state index contributed by atoms with van der Waals surface area (Å²) in [5.41, 5.74) is 0.847. The predicted molar refractivity (Wildman–Crippen MR) is 69.6 cm³/mol. The Morgan fingerprint density at radius 3 is 2.86 bits per heavy atom. The first-order chi connectivity index (χ1) is 10.1. The van der Waals surface area contributed by atoms with E-state index in [1.54, 1.807) is 18.3 Å². The van der Waals surface area contributed by atoms with Crippen LogP contribution in [0.5, 0.6) is 5.88 Å². The van der Waals surface area contributed by atoms with Crippen molar-refractivity contribution in [3.05, 3.63) is 35.8 Å². The smallest absolute Gasteiger partial charge is 0.325 e. The van der Waals surface area contributed by atoms with Crippen LogP contribution in [0.2, 0.25) is 0 Å². The van der Waals surface area contributed by atoms with Gasteiger partial charge in [-0.05, 0) is 5.56 Å². The standard InChI is InChI=1S/C12H13N5O4/c1-21-10-3-2-8(4-13-10)5-14-12(20)9-6-17(16-15-9)7-11(18)19/h2-4,6H,5,7H2,1H3,(H,14,20)(H,18,19). The van der Waals surface area contributed by atoms with E-state index in [1.165, 1.54) is 13.3 Å². The summed E-state index contributed by atoms with van der Waals surface area (Å²) in [4.78, 5) is 26.3. The molecule has 2 rings (SSSR count). The van der Waals surface area contributed by atoms with Gasteiger partial charge in [-0.2, -0.15) is 0 Å². The highest BCUT2D eigenvalue weighted by Crippen LogP contribution is 2.06. The van der Waals surface area contributed by atoms with Crippen molar-refractivity contribution >= 4 is 11.9 Å². The highest BCUT2D eigenvalue weighted by Gasteiger charge is 2.11. The Labute approximate surface area is 119 Å². The molecule has 0 spiro atoms. The molecule has 2 heterocycles. The zero-order valence-electron chi connectivity index (χ0n) is 11.2. The second kappa shape index (κ2) is 6.46. The van der Waals surface area contributed by atoms with E-state index in [2.05, 4.69) is 20.6 Å². The molecule has 0 saturated carbocycles. The van der Waals surface area contributed by atoms with Gasteiger partial charge in [-0.25, -0.2) is 9.67 Å². The Morgan fingerprint density at radius 1 is 1.43 bits per heavy atom. The molecule has 21 heavy (non-hydrogen) atoms. The highest BCUT2D eigenvalue weighted by atomic mass is 16.5. The van der Waals surface area contributed by atoms with Crippen molar-refractivity contribution in [1.29, 1.82) is 0 Å². The molecular formula is C12H13N5O4. The molecule has 0 aromatic carbocycles. The first-order valence-electron chi connectivity index (χ1n) is 5.97. The SMILES string of the molecule is COc1ccc(CNC(=O)c2cn(CC(=O)O)nn2)cn1. The van der Waals surface area contributed by atoms with Crippen molar-refractivity contribution < 1.29 is 19.4 Å². The molecule has 1 amide bonds. The Bertz CT molecular complexity index is 637. The molecule has 110 valence electrons.